The molecule has 0 spiro atoms. The Labute approximate surface area is 84.1 Å². The molecule has 4 heteroatoms. The molecule has 1 unspecified atom stereocenters. The Kier molecular flexibility index (Phi) is 3.17. The van der Waals surface area contributed by atoms with Gasteiger partial charge in [-0.15, -0.1) is 0 Å². The van der Waals surface area contributed by atoms with Gasteiger partial charge in [0.05, 0.1) is 6.04 Å². The molecular formula is C9H9BrFNO. The molecule has 70 valence electrons. The van der Waals surface area contributed by atoms with Gasteiger partial charge < -0.3 is 5.73 Å². The maximum absolute atomic E-state index is 13.2. The summed E-state index contributed by atoms with van der Waals surface area (Å²) in [6.45, 7) is 1.34. The van der Waals surface area contributed by atoms with Crippen LogP contribution in [0, 0.1) is 5.82 Å². The second-order valence-electron chi connectivity index (χ2n) is 2.75. The van der Waals surface area contributed by atoms with Crippen molar-refractivity contribution in [1.82, 2.24) is 0 Å². The molecule has 0 amide bonds. The summed E-state index contributed by atoms with van der Waals surface area (Å²) in [5, 5.41) is 0. The Morgan fingerprint density at radius 3 is 2.69 bits per heavy atom. The summed E-state index contributed by atoms with van der Waals surface area (Å²) in [5.41, 5.74) is 5.72. The first-order valence-electron chi connectivity index (χ1n) is 3.73. The van der Waals surface area contributed by atoms with Gasteiger partial charge in [-0.2, -0.15) is 0 Å². The number of Topliss-reactive ketones (excluding diaryl/α,β-unsaturated/α-hetero) is 1. The van der Waals surface area contributed by atoms with Gasteiger partial charge in [0, 0.05) is 10.0 Å². The van der Waals surface area contributed by atoms with Gasteiger partial charge in [0.1, 0.15) is 5.82 Å². The lowest BCUT2D eigenvalue weighted by molar-refractivity contribution is -0.118. The molecule has 0 radical (unpaired) electrons. The number of ketones is 1. The van der Waals surface area contributed by atoms with E-state index in [0.29, 0.717) is 4.47 Å². The maximum atomic E-state index is 13.2. The van der Waals surface area contributed by atoms with Crippen molar-refractivity contribution in [2.24, 2.45) is 5.73 Å². The van der Waals surface area contributed by atoms with Crippen LogP contribution in [0.5, 0.6) is 0 Å². The van der Waals surface area contributed by atoms with Crippen LogP contribution in [-0.4, -0.2) is 5.78 Å². The third kappa shape index (κ3) is 2.35. The van der Waals surface area contributed by atoms with Crippen LogP contribution in [0.4, 0.5) is 4.39 Å². The van der Waals surface area contributed by atoms with E-state index in [-0.39, 0.29) is 11.3 Å². The highest BCUT2D eigenvalue weighted by Gasteiger charge is 2.15. The van der Waals surface area contributed by atoms with E-state index < -0.39 is 11.9 Å². The van der Waals surface area contributed by atoms with Gasteiger partial charge in [0.15, 0.2) is 5.78 Å². The van der Waals surface area contributed by atoms with Gasteiger partial charge in [-0.05, 0) is 19.1 Å². The monoisotopic (exact) mass is 245 g/mol. The molecule has 1 aromatic rings. The van der Waals surface area contributed by atoms with Crippen molar-refractivity contribution >= 4 is 21.7 Å². The summed E-state index contributed by atoms with van der Waals surface area (Å²) in [6, 6.07) is 3.58. The molecule has 0 bridgehead atoms. The molecule has 0 saturated heterocycles. The summed E-state index contributed by atoms with van der Waals surface area (Å²) in [5.74, 6) is -0.710. The van der Waals surface area contributed by atoms with Gasteiger partial charge in [-0.1, -0.05) is 22.0 Å². The van der Waals surface area contributed by atoms with Crippen LogP contribution in [0.3, 0.4) is 0 Å². The fourth-order valence-electron chi connectivity index (χ4n) is 0.973. The third-order valence-electron chi connectivity index (χ3n) is 1.74. The first-order chi connectivity index (χ1) is 6.02. The number of halogens is 2. The number of carbonyl (C=O) groups is 1. The molecule has 0 saturated carbocycles. The van der Waals surface area contributed by atoms with Crippen LogP contribution in [-0.2, 0) is 4.79 Å². The van der Waals surface area contributed by atoms with E-state index in [1.165, 1.54) is 19.1 Å². The summed E-state index contributed by atoms with van der Waals surface area (Å²) in [7, 11) is 0. The van der Waals surface area contributed by atoms with Gasteiger partial charge in [-0.25, -0.2) is 4.39 Å². The molecule has 0 aliphatic heterocycles. The van der Waals surface area contributed by atoms with E-state index in [0.717, 1.165) is 0 Å². The molecule has 0 aliphatic rings. The van der Waals surface area contributed by atoms with Crippen LogP contribution in [0.2, 0.25) is 0 Å². The first-order valence-corrected chi connectivity index (χ1v) is 4.52. The summed E-state index contributed by atoms with van der Waals surface area (Å²) >= 11 is 3.12. The van der Waals surface area contributed by atoms with Crippen LogP contribution in [0.1, 0.15) is 18.5 Å². The Morgan fingerprint density at radius 2 is 2.23 bits per heavy atom. The standard InChI is InChI=1S/C9H9BrFNO/c1-5(13)9(12)7-3-2-6(10)4-8(7)11/h2-4,9H,12H2,1H3. The fraction of sp³-hybridized carbons (Fsp3) is 0.222. The molecule has 1 aromatic carbocycles. The predicted molar refractivity (Wildman–Crippen MR) is 51.7 cm³/mol. The SMILES string of the molecule is CC(=O)C(N)c1ccc(Br)cc1F. The van der Waals surface area contributed by atoms with Gasteiger partial charge in [0.25, 0.3) is 0 Å². The molecule has 2 nitrogen and oxygen atoms in total. The number of rotatable bonds is 2. The topological polar surface area (TPSA) is 43.1 Å². The maximum Gasteiger partial charge on any atom is 0.151 e. The van der Waals surface area contributed by atoms with Crippen molar-refractivity contribution in [2.75, 3.05) is 0 Å². The van der Waals surface area contributed by atoms with Crippen molar-refractivity contribution < 1.29 is 9.18 Å². The normalized spacial score (nSPS) is 12.6. The highest BCUT2D eigenvalue weighted by molar-refractivity contribution is 9.10. The Morgan fingerprint density at radius 1 is 1.62 bits per heavy atom. The van der Waals surface area contributed by atoms with E-state index in [4.69, 9.17) is 5.73 Å². The minimum absolute atomic E-state index is 0.232. The largest absolute Gasteiger partial charge is 0.318 e. The van der Waals surface area contributed by atoms with E-state index in [1.807, 2.05) is 0 Å². The van der Waals surface area contributed by atoms with Crippen LogP contribution < -0.4 is 5.73 Å². The third-order valence-corrected chi connectivity index (χ3v) is 2.23. The van der Waals surface area contributed by atoms with Crippen LogP contribution in [0.25, 0.3) is 0 Å². The number of hydrogen-bond donors (Lipinski definition) is 1. The van der Waals surface area contributed by atoms with E-state index in [9.17, 15) is 9.18 Å². The second-order valence-corrected chi connectivity index (χ2v) is 3.67. The molecule has 0 fully saturated rings. The number of nitrogens with two attached hydrogens (primary N) is 1. The molecule has 1 atom stereocenters. The molecule has 0 aliphatic carbocycles. The van der Waals surface area contributed by atoms with E-state index in [1.54, 1.807) is 6.07 Å². The van der Waals surface area contributed by atoms with Crippen molar-refractivity contribution in [1.29, 1.82) is 0 Å². The Bertz CT molecular complexity index is 340. The highest BCUT2D eigenvalue weighted by atomic mass is 79.9. The van der Waals surface area contributed by atoms with Gasteiger partial charge in [0.2, 0.25) is 0 Å². The zero-order valence-electron chi connectivity index (χ0n) is 7.05. The predicted octanol–water partition coefficient (Wildman–Crippen LogP) is 2.18. The molecular weight excluding hydrogens is 237 g/mol. The minimum atomic E-state index is -0.868. The first kappa shape index (κ1) is 10.3. The average molecular weight is 246 g/mol. The summed E-state index contributed by atoms with van der Waals surface area (Å²) in [6.07, 6.45) is 0. The number of hydrogen-bond acceptors (Lipinski definition) is 2. The smallest absolute Gasteiger partial charge is 0.151 e. The quantitative estimate of drug-likeness (QED) is 0.868. The minimum Gasteiger partial charge on any atom is -0.318 e. The molecule has 1 rings (SSSR count). The fourth-order valence-corrected chi connectivity index (χ4v) is 1.31. The van der Waals surface area contributed by atoms with Gasteiger partial charge in [-0.3, -0.25) is 4.79 Å². The Balaban J connectivity index is 3.08. The highest BCUT2D eigenvalue weighted by Crippen LogP contribution is 2.20. The molecule has 13 heavy (non-hydrogen) atoms. The zero-order valence-corrected chi connectivity index (χ0v) is 8.64. The lowest BCUT2D eigenvalue weighted by Crippen LogP contribution is -2.19. The van der Waals surface area contributed by atoms with Crippen molar-refractivity contribution in [3.05, 3.63) is 34.1 Å². The second kappa shape index (κ2) is 3.98. The molecule has 2 N–H and O–H groups in total. The molecule has 0 heterocycles. The lowest BCUT2D eigenvalue weighted by Gasteiger charge is -2.08. The molecule has 0 aromatic heterocycles. The van der Waals surface area contributed by atoms with E-state index >= 15 is 0 Å². The number of carbonyl (C=O) groups excluding carboxylic acids is 1. The van der Waals surface area contributed by atoms with Gasteiger partial charge >= 0.3 is 0 Å². The van der Waals surface area contributed by atoms with Crippen molar-refractivity contribution in [3.8, 4) is 0 Å². The number of benzene rings is 1. The lowest BCUT2D eigenvalue weighted by atomic mass is 10.0. The van der Waals surface area contributed by atoms with Crippen LogP contribution >= 0.6 is 15.9 Å². The van der Waals surface area contributed by atoms with Crippen molar-refractivity contribution in [2.45, 2.75) is 13.0 Å². The van der Waals surface area contributed by atoms with Crippen LogP contribution in [0.15, 0.2) is 22.7 Å². The summed E-state index contributed by atoms with van der Waals surface area (Å²) < 4.78 is 13.8. The zero-order chi connectivity index (χ0) is 10.0. The summed E-state index contributed by atoms with van der Waals surface area (Å²) in [4.78, 5) is 10.9. The van der Waals surface area contributed by atoms with E-state index in [2.05, 4.69) is 15.9 Å². The van der Waals surface area contributed by atoms with Crippen molar-refractivity contribution in [3.63, 3.8) is 0 Å². The Hall–Kier alpha value is -0.740. The average Bonchev–Trinajstić information content (AvgIpc) is 2.03.